The summed E-state index contributed by atoms with van der Waals surface area (Å²) in [5, 5.41) is 5.77. The number of carbonyl (C=O) groups is 2. The number of nitrogens with zero attached hydrogens (tertiary/aromatic N) is 2. The van der Waals surface area contributed by atoms with Crippen LogP contribution in [0.1, 0.15) is 37.9 Å². The Labute approximate surface area is 173 Å². The van der Waals surface area contributed by atoms with Gasteiger partial charge in [-0.2, -0.15) is 0 Å². The first-order chi connectivity index (χ1) is 13.9. The molecular weight excluding hydrogens is 368 g/mol. The first-order valence-corrected chi connectivity index (χ1v) is 10.4. The predicted octanol–water partition coefficient (Wildman–Crippen LogP) is 2.19. The van der Waals surface area contributed by atoms with Crippen LogP contribution in [0.4, 0.5) is 4.79 Å². The Morgan fingerprint density at radius 1 is 1.17 bits per heavy atom. The number of benzene rings is 1. The minimum absolute atomic E-state index is 0.289. The lowest BCUT2D eigenvalue weighted by atomic mass is 9.94. The Kier molecular flexibility index (Phi) is 6.92. The van der Waals surface area contributed by atoms with Gasteiger partial charge < -0.3 is 15.4 Å². The van der Waals surface area contributed by atoms with Crippen molar-refractivity contribution in [2.75, 3.05) is 39.3 Å². The second-order valence-corrected chi connectivity index (χ2v) is 7.96. The van der Waals surface area contributed by atoms with E-state index in [1.165, 1.54) is 0 Å². The fourth-order valence-corrected chi connectivity index (χ4v) is 3.86. The zero-order valence-electron chi connectivity index (χ0n) is 17.8. The minimum Gasteiger partial charge on any atom is -0.463 e. The number of aryl methyl sites for hydroxylation is 1. The van der Waals surface area contributed by atoms with Crippen LogP contribution in [0, 0.1) is 6.92 Å². The fraction of sp³-hybridized carbons (Fsp3) is 0.545. The summed E-state index contributed by atoms with van der Waals surface area (Å²) in [6.45, 7) is 12.8. The van der Waals surface area contributed by atoms with E-state index < -0.39 is 6.04 Å². The molecule has 2 amide bonds. The highest BCUT2D eigenvalue weighted by Crippen LogP contribution is 2.28. The van der Waals surface area contributed by atoms with Crippen molar-refractivity contribution < 1.29 is 14.3 Å². The Balaban J connectivity index is 1.88. The van der Waals surface area contributed by atoms with Gasteiger partial charge in [-0.05, 0) is 33.3 Å². The third-order valence-corrected chi connectivity index (χ3v) is 5.58. The van der Waals surface area contributed by atoms with E-state index in [9.17, 15) is 9.59 Å². The van der Waals surface area contributed by atoms with E-state index >= 15 is 0 Å². The van der Waals surface area contributed by atoms with Crippen LogP contribution in [0.3, 0.4) is 0 Å². The van der Waals surface area contributed by atoms with Crippen LogP contribution >= 0.6 is 0 Å². The van der Waals surface area contributed by atoms with Crippen LogP contribution in [-0.4, -0.2) is 67.2 Å². The summed E-state index contributed by atoms with van der Waals surface area (Å²) in [5.41, 5.74) is 3.12. The number of rotatable bonds is 6. The molecule has 3 rings (SSSR count). The van der Waals surface area contributed by atoms with Gasteiger partial charge in [0.2, 0.25) is 0 Å². The van der Waals surface area contributed by atoms with Gasteiger partial charge in [0.25, 0.3) is 0 Å². The van der Waals surface area contributed by atoms with E-state index in [-0.39, 0.29) is 18.6 Å². The van der Waals surface area contributed by atoms with Crippen molar-refractivity contribution in [1.29, 1.82) is 0 Å². The monoisotopic (exact) mass is 400 g/mol. The molecule has 0 saturated carbocycles. The molecule has 1 saturated heterocycles. The van der Waals surface area contributed by atoms with Gasteiger partial charge in [0.1, 0.15) is 0 Å². The van der Waals surface area contributed by atoms with Crippen LogP contribution < -0.4 is 10.6 Å². The first-order valence-electron chi connectivity index (χ1n) is 10.4. The minimum atomic E-state index is -0.518. The van der Waals surface area contributed by atoms with Crippen molar-refractivity contribution in [3.05, 3.63) is 46.7 Å². The predicted molar refractivity (Wildman–Crippen MR) is 112 cm³/mol. The number of nitrogens with one attached hydrogen (secondary N) is 2. The number of esters is 1. The Hall–Kier alpha value is -2.38. The molecule has 1 aromatic carbocycles. The van der Waals surface area contributed by atoms with Gasteiger partial charge in [-0.3, -0.25) is 9.80 Å². The van der Waals surface area contributed by atoms with Gasteiger partial charge in [-0.25, -0.2) is 9.59 Å². The maximum Gasteiger partial charge on any atom is 0.338 e. The molecule has 0 unspecified atom stereocenters. The Morgan fingerprint density at radius 3 is 2.41 bits per heavy atom. The highest BCUT2D eigenvalue weighted by molar-refractivity contribution is 5.95. The number of piperazine rings is 1. The third kappa shape index (κ3) is 5.16. The van der Waals surface area contributed by atoms with Gasteiger partial charge in [0.15, 0.2) is 0 Å². The standard InChI is InChI=1S/C22H32N4O3/c1-5-29-21(27)19-18(14-25-10-12-26(13-11-25)15(2)3)23-22(28)24-20(19)17-8-6-16(4)7-9-17/h6-9,15,20H,5,10-14H2,1-4H3,(H2,23,24,28)/t20-/m0/s1. The molecule has 0 bridgehead atoms. The molecule has 0 spiro atoms. The zero-order chi connectivity index (χ0) is 21.0. The molecule has 1 aromatic rings. The van der Waals surface area contributed by atoms with Gasteiger partial charge >= 0.3 is 12.0 Å². The lowest BCUT2D eigenvalue weighted by Gasteiger charge is -2.38. The average molecular weight is 401 g/mol. The van der Waals surface area contributed by atoms with Crippen molar-refractivity contribution in [2.24, 2.45) is 0 Å². The highest BCUT2D eigenvalue weighted by Gasteiger charge is 2.34. The molecule has 0 aromatic heterocycles. The molecule has 2 heterocycles. The molecule has 1 fully saturated rings. The van der Waals surface area contributed by atoms with Gasteiger partial charge in [0, 0.05) is 44.5 Å². The van der Waals surface area contributed by atoms with Crippen molar-refractivity contribution in [3.63, 3.8) is 0 Å². The summed E-state index contributed by atoms with van der Waals surface area (Å²) in [6.07, 6.45) is 0. The second kappa shape index (κ2) is 9.41. The van der Waals surface area contributed by atoms with E-state index in [2.05, 4.69) is 34.3 Å². The molecule has 158 valence electrons. The van der Waals surface area contributed by atoms with Crippen LogP contribution in [0.15, 0.2) is 35.5 Å². The highest BCUT2D eigenvalue weighted by atomic mass is 16.5. The molecule has 2 aliphatic rings. The number of amides is 2. The van der Waals surface area contributed by atoms with Crippen LogP contribution in [-0.2, 0) is 9.53 Å². The SMILES string of the molecule is CCOC(=O)C1=C(CN2CCN(C(C)C)CC2)NC(=O)N[C@H]1c1ccc(C)cc1. The topological polar surface area (TPSA) is 73.9 Å². The molecule has 7 nitrogen and oxygen atoms in total. The molecule has 2 N–H and O–H groups in total. The molecule has 0 radical (unpaired) electrons. The lowest BCUT2D eigenvalue weighted by Crippen LogP contribution is -2.52. The van der Waals surface area contributed by atoms with Crippen molar-refractivity contribution >= 4 is 12.0 Å². The van der Waals surface area contributed by atoms with Crippen LogP contribution in [0.2, 0.25) is 0 Å². The molecule has 29 heavy (non-hydrogen) atoms. The van der Waals surface area contributed by atoms with Crippen molar-refractivity contribution in [3.8, 4) is 0 Å². The van der Waals surface area contributed by atoms with Gasteiger partial charge in [-0.1, -0.05) is 29.8 Å². The summed E-state index contributed by atoms with van der Waals surface area (Å²) < 4.78 is 5.35. The quantitative estimate of drug-likeness (QED) is 0.716. The Morgan fingerprint density at radius 2 is 1.83 bits per heavy atom. The number of hydrogen-bond acceptors (Lipinski definition) is 5. The van der Waals surface area contributed by atoms with Crippen molar-refractivity contribution in [2.45, 2.75) is 39.8 Å². The smallest absolute Gasteiger partial charge is 0.338 e. The molecule has 7 heteroatoms. The van der Waals surface area contributed by atoms with E-state index in [1.54, 1.807) is 6.92 Å². The number of hydrogen-bond donors (Lipinski definition) is 2. The van der Waals surface area contributed by atoms with Gasteiger partial charge in [-0.15, -0.1) is 0 Å². The van der Waals surface area contributed by atoms with Crippen molar-refractivity contribution in [1.82, 2.24) is 20.4 Å². The maximum absolute atomic E-state index is 12.9. The molecule has 1 atom stereocenters. The van der Waals surface area contributed by atoms with E-state index in [0.29, 0.717) is 23.9 Å². The summed E-state index contributed by atoms with van der Waals surface area (Å²) in [5.74, 6) is -0.388. The second-order valence-electron chi connectivity index (χ2n) is 7.96. The third-order valence-electron chi connectivity index (χ3n) is 5.58. The Bertz CT molecular complexity index is 765. The maximum atomic E-state index is 12.9. The number of ether oxygens (including phenoxy) is 1. The number of urea groups is 1. The zero-order valence-corrected chi connectivity index (χ0v) is 17.8. The summed E-state index contributed by atoms with van der Waals surface area (Å²) in [4.78, 5) is 30.0. The van der Waals surface area contributed by atoms with E-state index in [0.717, 1.165) is 37.3 Å². The van der Waals surface area contributed by atoms with E-state index in [4.69, 9.17) is 4.74 Å². The summed E-state index contributed by atoms with van der Waals surface area (Å²) in [6, 6.07) is 7.58. The normalized spacial score (nSPS) is 21.1. The first kappa shape index (κ1) is 21.3. The molecular formula is C22H32N4O3. The van der Waals surface area contributed by atoms with Crippen LogP contribution in [0.25, 0.3) is 0 Å². The lowest BCUT2D eigenvalue weighted by molar-refractivity contribution is -0.139. The molecule has 0 aliphatic carbocycles. The van der Waals surface area contributed by atoms with Gasteiger partial charge in [0.05, 0.1) is 18.2 Å². The van der Waals surface area contributed by atoms with E-state index in [1.807, 2.05) is 31.2 Å². The van der Waals surface area contributed by atoms with Crippen LogP contribution in [0.5, 0.6) is 0 Å². The average Bonchev–Trinajstić information content (AvgIpc) is 2.68. The fourth-order valence-electron chi connectivity index (χ4n) is 3.86. The molecule has 2 aliphatic heterocycles. The largest absolute Gasteiger partial charge is 0.463 e. The summed E-state index contributed by atoms with van der Waals surface area (Å²) in [7, 11) is 0. The summed E-state index contributed by atoms with van der Waals surface area (Å²) >= 11 is 0. The number of carbonyl (C=O) groups excluding carboxylic acids is 2.